The zero-order valence-electron chi connectivity index (χ0n) is 16.9. The number of aromatic nitrogens is 3. The maximum atomic E-state index is 12.7. The molecule has 0 saturated carbocycles. The van der Waals surface area contributed by atoms with Crippen molar-refractivity contribution in [2.24, 2.45) is 7.05 Å². The number of sulfone groups is 1. The average molecular weight is 471 g/mol. The minimum absolute atomic E-state index is 0.0715. The van der Waals surface area contributed by atoms with E-state index < -0.39 is 37.3 Å². The van der Waals surface area contributed by atoms with E-state index in [1.54, 1.807) is 13.8 Å². The van der Waals surface area contributed by atoms with Gasteiger partial charge in [0.15, 0.2) is 0 Å². The summed E-state index contributed by atoms with van der Waals surface area (Å²) < 4.78 is 68.1. The molecular formula is C19H16F3N3O6S. The molecule has 0 radical (unpaired) electrons. The third kappa shape index (κ3) is 3.98. The number of rotatable bonds is 4. The number of aryl methyl sites for hydroxylation is 2. The molecule has 0 aliphatic heterocycles. The summed E-state index contributed by atoms with van der Waals surface area (Å²) in [6, 6.07) is 6.61. The van der Waals surface area contributed by atoms with E-state index in [1.807, 2.05) is 4.98 Å². The van der Waals surface area contributed by atoms with Crippen LogP contribution in [0.3, 0.4) is 0 Å². The Labute approximate surface area is 178 Å². The number of aromatic amines is 1. The molecule has 13 heteroatoms. The highest BCUT2D eigenvalue weighted by Gasteiger charge is 2.46. The lowest BCUT2D eigenvalue weighted by molar-refractivity contribution is -0.0436. The summed E-state index contributed by atoms with van der Waals surface area (Å²) in [6.07, 6.45) is 0. The van der Waals surface area contributed by atoms with Crippen molar-refractivity contribution in [2.75, 3.05) is 0 Å². The summed E-state index contributed by atoms with van der Waals surface area (Å²) in [4.78, 5) is 37.1. The average Bonchev–Trinajstić information content (AvgIpc) is 2.68. The fourth-order valence-corrected chi connectivity index (χ4v) is 3.70. The Balaban J connectivity index is 1.99. The van der Waals surface area contributed by atoms with E-state index in [0.717, 1.165) is 33.4 Å². The molecule has 0 aliphatic rings. The van der Waals surface area contributed by atoms with E-state index in [2.05, 4.69) is 0 Å². The van der Waals surface area contributed by atoms with E-state index in [0.29, 0.717) is 11.1 Å². The Morgan fingerprint density at radius 2 is 1.47 bits per heavy atom. The van der Waals surface area contributed by atoms with Crippen LogP contribution in [0, 0.1) is 13.8 Å². The van der Waals surface area contributed by atoms with Gasteiger partial charge in [-0.3, -0.25) is 4.98 Å². The lowest BCUT2D eigenvalue weighted by Crippen LogP contribution is -2.47. The number of H-pyrrole nitrogens is 1. The minimum atomic E-state index is -5.48. The van der Waals surface area contributed by atoms with Gasteiger partial charge in [-0.25, -0.2) is 31.9 Å². The summed E-state index contributed by atoms with van der Waals surface area (Å²) in [5, 5.41) is 0. The van der Waals surface area contributed by atoms with Crippen LogP contribution >= 0.6 is 0 Å². The van der Waals surface area contributed by atoms with Crippen LogP contribution in [0.25, 0.3) is 5.69 Å². The molecule has 0 aliphatic carbocycles. The summed E-state index contributed by atoms with van der Waals surface area (Å²) in [5.41, 5.74) is -6.96. The van der Waals surface area contributed by atoms with Crippen LogP contribution in [0.5, 0.6) is 11.5 Å². The molecule has 1 aromatic heterocycles. The topological polar surface area (TPSA) is 120 Å². The standard InChI is InChI=1S/C19H16F3N3O6S/c1-10-8-12(25-17(27)23-16(26)24(3)18(25)28)9-11(2)15(10)31-13-4-6-14(7-5-13)32(29,30)19(20,21)22/h4-9H,1-3H3,(H,23,26,27). The molecule has 0 bridgehead atoms. The number of ether oxygens (including phenoxy) is 1. The first-order valence-corrected chi connectivity index (χ1v) is 10.4. The number of hydrogen-bond acceptors (Lipinski definition) is 6. The van der Waals surface area contributed by atoms with Crippen LogP contribution in [-0.2, 0) is 16.9 Å². The van der Waals surface area contributed by atoms with Gasteiger partial charge in [0.25, 0.3) is 9.84 Å². The number of nitrogens with one attached hydrogen (secondary N) is 1. The molecule has 2 aromatic carbocycles. The third-order valence-electron chi connectivity index (χ3n) is 4.56. The molecule has 3 aromatic rings. The Kier molecular flexibility index (Phi) is 5.64. The maximum absolute atomic E-state index is 12.7. The van der Waals surface area contributed by atoms with Crippen molar-refractivity contribution in [3.8, 4) is 17.2 Å². The summed E-state index contributed by atoms with van der Waals surface area (Å²) in [7, 11) is -4.27. The van der Waals surface area contributed by atoms with Crippen molar-refractivity contribution in [1.82, 2.24) is 14.1 Å². The van der Waals surface area contributed by atoms with Crippen LogP contribution in [0.2, 0.25) is 0 Å². The van der Waals surface area contributed by atoms with E-state index in [4.69, 9.17) is 4.74 Å². The zero-order valence-corrected chi connectivity index (χ0v) is 17.7. The van der Waals surface area contributed by atoms with Gasteiger partial charge >= 0.3 is 22.6 Å². The molecule has 0 fully saturated rings. The minimum Gasteiger partial charge on any atom is -0.457 e. The fourth-order valence-electron chi connectivity index (χ4n) is 2.94. The Bertz CT molecular complexity index is 1460. The van der Waals surface area contributed by atoms with Crippen molar-refractivity contribution >= 4 is 9.84 Å². The molecular weight excluding hydrogens is 455 g/mol. The van der Waals surface area contributed by atoms with Crippen LogP contribution in [0.4, 0.5) is 13.2 Å². The highest BCUT2D eigenvalue weighted by atomic mass is 32.2. The number of nitrogens with zero attached hydrogens (tertiary/aromatic N) is 2. The van der Waals surface area contributed by atoms with Gasteiger partial charge in [-0.1, -0.05) is 0 Å². The molecule has 1 N–H and O–H groups in total. The second kappa shape index (κ2) is 7.82. The van der Waals surface area contributed by atoms with E-state index >= 15 is 0 Å². The molecule has 0 atom stereocenters. The fraction of sp³-hybridized carbons (Fsp3) is 0.211. The van der Waals surface area contributed by atoms with Crippen LogP contribution in [0.1, 0.15) is 11.1 Å². The lowest BCUT2D eigenvalue weighted by Gasteiger charge is -2.15. The normalized spacial score (nSPS) is 12.1. The molecule has 1 heterocycles. The lowest BCUT2D eigenvalue weighted by atomic mass is 10.1. The molecule has 32 heavy (non-hydrogen) atoms. The zero-order chi connectivity index (χ0) is 24.0. The van der Waals surface area contributed by atoms with Crippen LogP contribution in [-0.4, -0.2) is 28.0 Å². The van der Waals surface area contributed by atoms with Crippen molar-refractivity contribution in [3.63, 3.8) is 0 Å². The Hall–Kier alpha value is -3.61. The highest BCUT2D eigenvalue weighted by Crippen LogP contribution is 2.33. The Morgan fingerprint density at radius 3 is 1.97 bits per heavy atom. The van der Waals surface area contributed by atoms with Gasteiger partial charge in [-0.05, 0) is 61.4 Å². The molecule has 0 saturated heterocycles. The van der Waals surface area contributed by atoms with E-state index in [-0.39, 0.29) is 17.2 Å². The quantitative estimate of drug-likeness (QED) is 0.621. The first kappa shape index (κ1) is 23.1. The summed E-state index contributed by atoms with van der Waals surface area (Å²) in [5.74, 6) is 0.358. The monoisotopic (exact) mass is 471 g/mol. The van der Waals surface area contributed by atoms with E-state index in [9.17, 15) is 36.0 Å². The van der Waals surface area contributed by atoms with Crippen LogP contribution in [0.15, 0.2) is 55.7 Å². The molecule has 3 rings (SSSR count). The number of halogens is 3. The molecule has 0 spiro atoms. The van der Waals surface area contributed by atoms with Gasteiger partial charge in [0.2, 0.25) is 0 Å². The van der Waals surface area contributed by atoms with Crippen molar-refractivity contribution < 1.29 is 26.3 Å². The Morgan fingerprint density at radius 1 is 0.938 bits per heavy atom. The van der Waals surface area contributed by atoms with Crippen molar-refractivity contribution in [3.05, 3.63) is 79.0 Å². The first-order chi connectivity index (χ1) is 14.7. The molecule has 0 unspecified atom stereocenters. The van der Waals surface area contributed by atoms with Gasteiger partial charge in [-0.15, -0.1) is 0 Å². The molecule has 0 amide bonds. The molecule has 170 valence electrons. The predicted octanol–water partition coefficient (Wildman–Crippen LogP) is 1.93. The van der Waals surface area contributed by atoms with Gasteiger partial charge in [0.1, 0.15) is 11.5 Å². The van der Waals surface area contributed by atoms with Gasteiger partial charge in [0, 0.05) is 7.05 Å². The van der Waals surface area contributed by atoms with Crippen molar-refractivity contribution in [2.45, 2.75) is 24.3 Å². The second-order valence-corrected chi connectivity index (χ2v) is 8.78. The van der Waals surface area contributed by atoms with Gasteiger partial charge in [0.05, 0.1) is 10.6 Å². The van der Waals surface area contributed by atoms with Crippen LogP contribution < -0.4 is 21.8 Å². The number of benzene rings is 2. The smallest absolute Gasteiger partial charge is 0.457 e. The highest BCUT2D eigenvalue weighted by molar-refractivity contribution is 7.92. The first-order valence-electron chi connectivity index (χ1n) is 8.87. The molecule has 9 nitrogen and oxygen atoms in total. The van der Waals surface area contributed by atoms with Gasteiger partial charge in [-0.2, -0.15) is 13.2 Å². The summed E-state index contributed by atoms with van der Waals surface area (Å²) in [6.45, 7) is 3.21. The second-order valence-electron chi connectivity index (χ2n) is 6.84. The van der Waals surface area contributed by atoms with E-state index in [1.165, 1.54) is 19.2 Å². The maximum Gasteiger partial charge on any atom is 0.501 e. The number of hydrogen-bond donors (Lipinski definition) is 1. The SMILES string of the molecule is Cc1cc(-n2c(=O)[nH]c(=O)n(C)c2=O)cc(C)c1Oc1ccc(S(=O)(=O)C(F)(F)F)cc1. The van der Waals surface area contributed by atoms with Crippen molar-refractivity contribution in [1.29, 1.82) is 0 Å². The number of alkyl halides is 3. The summed E-state index contributed by atoms with van der Waals surface area (Å²) >= 11 is 0. The predicted molar refractivity (Wildman–Crippen MR) is 107 cm³/mol. The third-order valence-corrected chi connectivity index (χ3v) is 6.06. The van der Waals surface area contributed by atoms with Gasteiger partial charge < -0.3 is 4.74 Å². The largest absolute Gasteiger partial charge is 0.501 e.